The van der Waals surface area contributed by atoms with Gasteiger partial charge in [-0.15, -0.1) is 0 Å². The second-order valence-electron chi connectivity index (χ2n) is 8.64. The predicted octanol–water partition coefficient (Wildman–Crippen LogP) is 2.43. The van der Waals surface area contributed by atoms with Crippen molar-refractivity contribution in [3.8, 4) is 23.3 Å². The SMILES string of the molecule is COc1ccc(C#Cc2ccc3c(c2)O[C@H](CN(C)C)[C@H](C)CN([C@@H](C)CO)S3(=O)=O)cc1. The Hall–Kier alpha value is -2.57. The summed E-state index contributed by atoms with van der Waals surface area (Å²) in [5.74, 6) is 7.14. The van der Waals surface area contributed by atoms with Crippen LogP contribution < -0.4 is 9.47 Å². The number of aliphatic hydroxyl groups excluding tert-OH is 1. The van der Waals surface area contributed by atoms with Crippen LogP contribution in [0.25, 0.3) is 0 Å². The van der Waals surface area contributed by atoms with Crippen molar-refractivity contribution in [3.63, 3.8) is 0 Å². The maximum Gasteiger partial charge on any atom is 0.247 e. The zero-order valence-electron chi connectivity index (χ0n) is 19.8. The minimum atomic E-state index is -3.86. The monoisotopic (exact) mass is 472 g/mol. The topological polar surface area (TPSA) is 79.3 Å². The molecule has 0 radical (unpaired) electrons. The second kappa shape index (κ2) is 10.6. The third-order valence-electron chi connectivity index (χ3n) is 5.65. The van der Waals surface area contributed by atoms with Crippen LogP contribution in [0, 0.1) is 17.8 Å². The first-order chi connectivity index (χ1) is 15.6. The van der Waals surface area contributed by atoms with Crippen molar-refractivity contribution in [2.75, 3.05) is 40.9 Å². The van der Waals surface area contributed by atoms with E-state index in [-0.39, 0.29) is 35.8 Å². The van der Waals surface area contributed by atoms with Gasteiger partial charge in [0.2, 0.25) is 10.0 Å². The third kappa shape index (κ3) is 5.87. The molecule has 0 amide bonds. The molecule has 0 bridgehead atoms. The summed E-state index contributed by atoms with van der Waals surface area (Å²) in [4.78, 5) is 2.11. The molecule has 178 valence electrons. The fraction of sp³-hybridized carbons (Fsp3) is 0.440. The number of hydrogen-bond donors (Lipinski definition) is 1. The smallest absolute Gasteiger partial charge is 0.247 e. The number of likely N-dealkylation sites (N-methyl/N-ethyl adjacent to an activating group) is 1. The number of ether oxygens (including phenoxy) is 2. The van der Waals surface area contributed by atoms with E-state index in [9.17, 15) is 13.5 Å². The molecule has 3 rings (SSSR count). The Morgan fingerprint density at radius 2 is 1.82 bits per heavy atom. The highest BCUT2D eigenvalue weighted by atomic mass is 32.2. The van der Waals surface area contributed by atoms with Crippen molar-refractivity contribution >= 4 is 10.0 Å². The second-order valence-corrected chi connectivity index (χ2v) is 10.5. The molecule has 0 unspecified atom stereocenters. The summed E-state index contributed by atoms with van der Waals surface area (Å²) in [6.45, 7) is 4.32. The van der Waals surface area contributed by atoms with Crippen LogP contribution in [0.2, 0.25) is 0 Å². The fourth-order valence-corrected chi connectivity index (χ4v) is 5.53. The number of rotatable bonds is 5. The lowest BCUT2D eigenvalue weighted by atomic mass is 10.0. The minimum Gasteiger partial charge on any atom is -0.497 e. The van der Waals surface area contributed by atoms with Gasteiger partial charge in [-0.05, 0) is 63.5 Å². The average Bonchev–Trinajstić information content (AvgIpc) is 2.79. The Kier molecular flexibility index (Phi) is 8.03. The van der Waals surface area contributed by atoms with Gasteiger partial charge in [-0.2, -0.15) is 4.31 Å². The Bertz CT molecular complexity index is 1120. The Labute approximate surface area is 197 Å². The highest BCUT2D eigenvalue weighted by Crippen LogP contribution is 2.34. The number of benzene rings is 2. The van der Waals surface area contributed by atoms with E-state index in [2.05, 4.69) is 11.8 Å². The average molecular weight is 473 g/mol. The molecule has 1 aliphatic rings. The largest absolute Gasteiger partial charge is 0.497 e. The molecular weight excluding hydrogens is 440 g/mol. The molecule has 2 aromatic carbocycles. The normalized spacial score (nSPS) is 21.1. The Morgan fingerprint density at radius 1 is 1.18 bits per heavy atom. The van der Waals surface area contributed by atoms with Crippen LogP contribution >= 0.6 is 0 Å². The third-order valence-corrected chi connectivity index (χ3v) is 7.67. The maximum absolute atomic E-state index is 13.5. The van der Waals surface area contributed by atoms with Crippen LogP contribution in [0.3, 0.4) is 0 Å². The molecule has 0 saturated heterocycles. The molecule has 7 nitrogen and oxygen atoms in total. The van der Waals surface area contributed by atoms with Crippen LogP contribution in [-0.4, -0.2) is 75.8 Å². The van der Waals surface area contributed by atoms with Gasteiger partial charge in [-0.3, -0.25) is 0 Å². The summed E-state index contributed by atoms with van der Waals surface area (Å²) < 4.78 is 39.8. The van der Waals surface area contributed by atoms with Gasteiger partial charge in [0.05, 0.1) is 13.7 Å². The fourth-order valence-electron chi connectivity index (χ4n) is 3.70. The highest BCUT2D eigenvalue weighted by Gasteiger charge is 2.37. The first kappa shape index (κ1) is 25.1. The molecular formula is C25H32N2O5S. The van der Waals surface area contributed by atoms with E-state index >= 15 is 0 Å². The Balaban J connectivity index is 2.04. The lowest BCUT2D eigenvalue weighted by Crippen LogP contribution is -2.49. The van der Waals surface area contributed by atoms with Gasteiger partial charge in [0.25, 0.3) is 0 Å². The number of methoxy groups -OCH3 is 1. The lowest BCUT2D eigenvalue weighted by Gasteiger charge is -2.37. The van der Waals surface area contributed by atoms with Crippen LogP contribution in [0.4, 0.5) is 0 Å². The number of sulfonamides is 1. The van der Waals surface area contributed by atoms with Gasteiger partial charge in [0, 0.05) is 36.2 Å². The predicted molar refractivity (Wildman–Crippen MR) is 128 cm³/mol. The van der Waals surface area contributed by atoms with Gasteiger partial charge in [-0.1, -0.05) is 18.8 Å². The van der Waals surface area contributed by atoms with Gasteiger partial charge in [0.15, 0.2) is 0 Å². The summed E-state index contributed by atoms with van der Waals surface area (Å²) in [5, 5.41) is 9.71. The van der Waals surface area contributed by atoms with Crippen molar-refractivity contribution in [2.45, 2.75) is 30.9 Å². The van der Waals surface area contributed by atoms with Crippen molar-refractivity contribution < 1.29 is 23.0 Å². The molecule has 0 aromatic heterocycles. The summed E-state index contributed by atoms with van der Waals surface area (Å²) in [6, 6.07) is 11.8. The molecule has 1 N–H and O–H groups in total. The first-order valence-electron chi connectivity index (χ1n) is 10.9. The molecule has 0 saturated carbocycles. The van der Waals surface area contributed by atoms with E-state index in [0.29, 0.717) is 12.1 Å². The summed E-state index contributed by atoms with van der Waals surface area (Å²) in [7, 11) is 1.66. The number of fused-ring (bicyclic) bond motifs is 1. The van der Waals surface area contributed by atoms with Crippen molar-refractivity contribution in [3.05, 3.63) is 53.6 Å². The maximum atomic E-state index is 13.5. The zero-order valence-corrected chi connectivity index (χ0v) is 20.6. The lowest BCUT2D eigenvalue weighted by molar-refractivity contribution is 0.0812. The molecule has 8 heteroatoms. The van der Waals surface area contributed by atoms with Crippen LogP contribution in [-0.2, 0) is 10.0 Å². The van der Waals surface area contributed by atoms with E-state index in [1.54, 1.807) is 32.2 Å². The van der Waals surface area contributed by atoms with E-state index < -0.39 is 16.1 Å². The number of aliphatic hydroxyl groups is 1. The summed E-state index contributed by atoms with van der Waals surface area (Å²) >= 11 is 0. The molecule has 33 heavy (non-hydrogen) atoms. The minimum absolute atomic E-state index is 0.0848. The van der Waals surface area contributed by atoms with Crippen molar-refractivity contribution in [1.82, 2.24) is 9.21 Å². The van der Waals surface area contributed by atoms with Gasteiger partial charge < -0.3 is 19.5 Å². The van der Waals surface area contributed by atoms with Crippen molar-refractivity contribution in [2.24, 2.45) is 5.92 Å². The molecule has 2 aromatic rings. The summed E-state index contributed by atoms with van der Waals surface area (Å²) in [5.41, 5.74) is 1.47. The quantitative estimate of drug-likeness (QED) is 0.674. The van der Waals surface area contributed by atoms with Gasteiger partial charge in [0.1, 0.15) is 22.5 Å². The standard InChI is InChI=1S/C25H32N2O5S/c1-18-15-27(19(2)17-28)33(29,30)25-13-10-21(14-23(25)32-24(18)16-26(3)4)7-6-20-8-11-22(31-5)12-9-20/h8-14,18-19,24,28H,15-17H2,1-5H3/t18-,19+,24-/m1/s1. The van der Waals surface area contributed by atoms with E-state index in [4.69, 9.17) is 9.47 Å². The first-order valence-corrected chi connectivity index (χ1v) is 12.3. The Morgan fingerprint density at radius 3 is 2.42 bits per heavy atom. The van der Waals surface area contributed by atoms with E-state index in [0.717, 1.165) is 11.3 Å². The molecule has 0 spiro atoms. The molecule has 1 heterocycles. The highest BCUT2D eigenvalue weighted by molar-refractivity contribution is 7.89. The molecule has 0 fully saturated rings. The number of nitrogens with zero attached hydrogens (tertiary/aromatic N) is 2. The summed E-state index contributed by atoms with van der Waals surface area (Å²) in [6.07, 6.45) is -0.229. The molecule has 3 atom stereocenters. The van der Waals surface area contributed by atoms with Crippen LogP contribution in [0.15, 0.2) is 47.4 Å². The van der Waals surface area contributed by atoms with Gasteiger partial charge >= 0.3 is 0 Å². The van der Waals surface area contributed by atoms with Gasteiger partial charge in [-0.25, -0.2) is 8.42 Å². The van der Waals surface area contributed by atoms with E-state index in [1.807, 2.05) is 50.2 Å². The molecule has 0 aliphatic carbocycles. The zero-order chi connectivity index (χ0) is 24.2. The van der Waals surface area contributed by atoms with Crippen molar-refractivity contribution in [1.29, 1.82) is 0 Å². The van der Waals surface area contributed by atoms with E-state index in [1.165, 1.54) is 4.31 Å². The number of hydrogen-bond acceptors (Lipinski definition) is 6. The van der Waals surface area contributed by atoms with Crippen LogP contribution in [0.1, 0.15) is 25.0 Å². The van der Waals surface area contributed by atoms with Crippen LogP contribution in [0.5, 0.6) is 11.5 Å². The molecule has 1 aliphatic heterocycles.